The van der Waals surface area contributed by atoms with E-state index < -0.39 is 5.91 Å². The highest BCUT2D eigenvalue weighted by Gasteiger charge is 2.14. The number of phenolic OH excluding ortho intramolecular Hbond substituents is 1. The first kappa shape index (κ1) is 25.8. The molecule has 0 bridgehead atoms. The van der Waals surface area contributed by atoms with Crippen molar-refractivity contribution in [1.82, 2.24) is 5.43 Å². The van der Waals surface area contributed by atoms with Crippen molar-refractivity contribution in [2.24, 2.45) is 5.10 Å². The fourth-order valence-electron chi connectivity index (χ4n) is 3.49. The van der Waals surface area contributed by atoms with Crippen molar-refractivity contribution in [2.75, 3.05) is 6.61 Å². The third kappa shape index (κ3) is 6.10. The predicted octanol–water partition coefficient (Wildman–Crippen LogP) is 7.36. The van der Waals surface area contributed by atoms with E-state index in [4.69, 9.17) is 32.7 Å². The van der Waals surface area contributed by atoms with Crippen molar-refractivity contribution in [3.63, 3.8) is 0 Å². The maximum Gasteiger partial charge on any atom is 0.275 e. The average Bonchev–Trinajstić information content (AvgIpc) is 2.85. The van der Waals surface area contributed by atoms with Crippen LogP contribution in [-0.2, 0) is 6.61 Å². The lowest BCUT2D eigenvalue weighted by Crippen LogP contribution is -2.17. The number of hydrogen-bond acceptors (Lipinski definition) is 5. The molecule has 0 aliphatic carbocycles. The second kappa shape index (κ2) is 11.6. The number of ether oxygens (including phenoxy) is 2. The molecular weight excluding hydrogens is 567 g/mol. The Kier molecular flexibility index (Phi) is 8.36. The number of hydrogen-bond donors (Lipinski definition) is 2. The van der Waals surface area contributed by atoms with E-state index in [2.05, 4.69) is 26.5 Å². The molecule has 0 aliphatic rings. The first-order valence-corrected chi connectivity index (χ1v) is 12.5. The van der Waals surface area contributed by atoms with Gasteiger partial charge in [0.2, 0.25) is 0 Å². The van der Waals surface area contributed by atoms with Gasteiger partial charge in [-0.15, -0.1) is 0 Å². The van der Waals surface area contributed by atoms with Gasteiger partial charge < -0.3 is 14.6 Å². The second-order valence-electron chi connectivity index (χ2n) is 7.72. The summed E-state index contributed by atoms with van der Waals surface area (Å²) in [7, 11) is 0. The van der Waals surface area contributed by atoms with Crippen LogP contribution in [0.15, 0.2) is 76.3 Å². The molecule has 2 N–H and O–H groups in total. The summed E-state index contributed by atoms with van der Waals surface area (Å²) in [6.07, 6.45) is 1.48. The van der Waals surface area contributed by atoms with E-state index in [0.717, 1.165) is 16.3 Å². The van der Waals surface area contributed by atoms with Crippen molar-refractivity contribution >= 4 is 62.0 Å². The quantitative estimate of drug-likeness (QED) is 0.167. The molecule has 6 nitrogen and oxygen atoms in total. The summed E-state index contributed by atoms with van der Waals surface area (Å²) in [6, 6.07) is 19.5. The Labute approximate surface area is 226 Å². The Morgan fingerprint density at radius 1 is 1.03 bits per heavy atom. The van der Waals surface area contributed by atoms with Crippen LogP contribution in [0.4, 0.5) is 0 Å². The van der Waals surface area contributed by atoms with E-state index in [1.807, 2.05) is 37.3 Å². The van der Waals surface area contributed by atoms with Crippen molar-refractivity contribution in [3.8, 4) is 17.2 Å². The monoisotopic (exact) mass is 586 g/mol. The van der Waals surface area contributed by atoms with Gasteiger partial charge in [-0.1, -0.05) is 53.5 Å². The maximum absolute atomic E-state index is 12.6. The molecule has 0 radical (unpaired) electrons. The van der Waals surface area contributed by atoms with Gasteiger partial charge in [0.05, 0.1) is 32.9 Å². The van der Waals surface area contributed by atoms with Gasteiger partial charge in [-0.3, -0.25) is 4.79 Å². The number of phenols is 1. The number of hydrazone groups is 1. The van der Waals surface area contributed by atoms with Crippen LogP contribution in [0.25, 0.3) is 10.8 Å². The smallest absolute Gasteiger partial charge is 0.275 e. The summed E-state index contributed by atoms with van der Waals surface area (Å²) in [6.45, 7) is 2.55. The SMILES string of the molecule is CCOc1cc(C=NNC(=O)c2cc3ccccc3cc2O)cc(Br)c1OCc1ccc(Cl)c(Cl)c1. The minimum absolute atomic E-state index is 0.119. The van der Waals surface area contributed by atoms with E-state index >= 15 is 0 Å². The molecule has 184 valence electrons. The van der Waals surface area contributed by atoms with E-state index in [0.29, 0.717) is 38.2 Å². The van der Waals surface area contributed by atoms with Gasteiger partial charge >= 0.3 is 0 Å². The third-order valence-corrected chi connectivity index (χ3v) is 6.52. The number of rotatable bonds is 8. The summed E-state index contributed by atoms with van der Waals surface area (Å²) in [5, 5.41) is 16.9. The van der Waals surface area contributed by atoms with Crippen LogP contribution >= 0.6 is 39.1 Å². The van der Waals surface area contributed by atoms with Crippen LogP contribution in [0.1, 0.15) is 28.4 Å². The Balaban J connectivity index is 1.49. The minimum Gasteiger partial charge on any atom is -0.507 e. The van der Waals surface area contributed by atoms with Crippen LogP contribution in [0.2, 0.25) is 10.0 Å². The normalized spacial score (nSPS) is 11.1. The fraction of sp³-hybridized carbons (Fsp3) is 0.111. The van der Waals surface area contributed by atoms with Gasteiger partial charge in [0.15, 0.2) is 11.5 Å². The third-order valence-electron chi connectivity index (χ3n) is 5.19. The molecule has 4 rings (SSSR count). The summed E-state index contributed by atoms with van der Waals surface area (Å²) >= 11 is 15.6. The maximum atomic E-state index is 12.6. The van der Waals surface area contributed by atoms with Crippen molar-refractivity contribution in [3.05, 3.63) is 97.9 Å². The van der Waals surface area contributed by atoms with Crippen LogP contribution in [0.5, 0.6) is 17.2 Å². The highest BCUT2D eigenvalue weighted by molar-refractivity contribution is 9.10. The largest absolute Gasteiger partial charge is 0.507 e. The number of aromatic hydroxyl groups is 1. The number of carbonyl (C=O) groups is 1. The highest BCUT2D eigenvalue weighted by atomic mass is 79.9. The lowest BCUT2D eigenvalue weighted by molar-refractivity contribution is 0.0952. The lowest BCUT2D eigenvalue weighted by atomic mass is 10.1. The van der Waals surface area contributed by atoms with Crippen LogP contribution in [0, 0.1) is 0 Å². The molecule has 4 aromatic carbocycles. The van der Waals surface area contributed by atoms with Crippen LogP contribution in [0.3, 0.4) is 0 Å². The van der Waals surface area contributed by atoms with Gasteiger partial charge in [-0.05, 0) is 81.2 Å². The number of benzene rings is 4. The van der Waals surface area contributed by atoms with E-state index in [1.54, 1.807) is 36.4 Å². The first-order valence-electron chi connectivity index (χ1n) is 10.9. The first-order chi connectivity index (χ1) is 17.4. The van der Waals surface area contributed by atoms with Crippen LogP contribution < -0.4 is 14.9 Å². The molecule has 0 atom stereocenters. The molecular formula is C27H21BrCl2N2O4. The fourth-order valence-corrected chi connectivity index (χ4v) is 4.38. The number of nitrogens with zero attached hydrogens (tertiary/aromatic N) is 1. The topological polar surface area (TPSA) is 80.2 Å². The molecule has 0 aromatic heterocycles. The Bertz CT molecular complexity index is 1460. The molecule has 0 unspecified atom stereocenters. The molecule has 0 saturated heterocycles. The van der Waals surface area contributed by atoms with E-state index in [-0.39, 0.29) is 17.9 Å². The van der Waals surface area contributed by atoms with Crippen LogP contribution in [-0.4, -0.2) is 23.8 Å². The number of carbonyl (C=O) groups excluding carboxylic acids is 1. The van der Waals surface area contributed by atoms with E-state index in [1.165, 1.54) is 6.21 Å². The predicted molar refractivity (Wildman–Crippen MR) is 147 cm³/mol. The second-order valence-corrected chi connectivity index (χ2v) is 9.38. The Hall–Kier alpha value is -3.26. The standard InChI is InChI=1S/C27H21BrCl2N2O4/c1-2-35-25-11-17(9-21(28)26(25)36-15-16-7-8-22(29)23(30)10-16)14-31-32-27(34)20-12-18-5-3-4-6-19(18)13-24(20)33/h3-14,33H,2,15H2,1H3,(H,32,34). The van der Waals surface area contributed by atoms with Gasteiger partial charge in [0.1, 0.15) is 12.4 Å². The zero-order valence-electron chi connectivity index (χ0n) is 19.1. The van der Waals surface area contributed by atoms with Gasteiger partial charge in [-0.25, -0.2) is 5.43 Å². The Morgan fingerprint density at radius 2 is 1.78 bits per heavy atom. The zero-order valence-corrected chi connectivity index (χ0v) is 22.2. The molecule has 0 spiro atoms. The Morgan fingerprint density at radius 3 is 2.50 bits per heavy atom. The van der Waals surface area contributed by atoms with Gasteiger partial charge in [0, 0.05) is 0 Å². The molecule has 1 amide bonds. The summed E-state index contributed by atoms with van der Waals surface area (Å²) in [4.78, 5) is 12.6. The zero-order chi connectivity index (χ0) is 25.7. The molecule has 0 heterocycles. The lowest BCUT2D eigenvalue weighted by Gasteiger charge is -2.15. The van der Waals surface area contributed by atoms with Gasteiger partial charge in [-0.2, -0.15) is 5.10 Å². The summed E-state index contributed by atoms with van der Waals surface area (Å²) < 4.78 is 12.4. The number of halogens is 3. The summed E-state index contributed by atoms with van der Waals surface area (Å²) in [5.74, 6) is 0.378. The molecule has 4 aromatic rings. The van der Waals surface area contributed by atoms with Crippen molar-refractivity contribution in [1.29, 1.82) is 0 Å². The number of amides is 1. The van der Waals surface area contributed by atoms with Crippen molar-refractivity contribution < 1.29 is 19.4 Å². The number of nitrogens with one attached hydrogen (secondary N) is 1. The molecule has 0 fully saturated rings. The van der Waals surface area contributed by atoms with Gasteiger partial charge in [0.25, 0.3) is 5.91 Å². The highest BCUT2D eigenvalue weighted by Crippen LogP contribution is 2.37. The number of fused-ring (bicyclic) bond motifs is 1. The van der Waals surface area contributed by atoms with Crippen molar-refractivity contribution in [2.45, 2.75) is 13.5 Å². The molecule has 0 saturated carbocycles. The average molecular weight is 588 g/mol. The molecule has 9 heteroatoms. The minimum atomic E-state index is -0.528. The van der Waals surface area contributed by atoms with E-state index in [9.17, 15) is 9.90 Å². The molecule has 36 heavy (non-hydrogen) atoms. The molecule has 0 aliphatic heterocycles. The summed E-state index contributed by atoms with van der Waals surface area (Å²) in [5.41, 5.74) is 4.10.